The SMILES string of the molecule is O=C(Oc1ccc(/C=C2/SC(=S)N(Cc3ccccc3)C2=O)cc1)c1ccco1. The second-order valence-electron chi connectivity index (χ2n) is 6.19. The van der Waals surface area contributed by atoms with E-state index in [0.717, 1.165) is 11.1 Å². The standard InChI is InChI=1S/C22H15NO4S2/c24-20-19(29-22(28)23(20)14-16-5-2-1-3-6-16)13-15-8-10-17(11-9-15)27-21(25)18-7-4-12-26-18/h1-13H,14H2/b19-13+. The predicted octanol–water partition coefficient (Wildman–Crippen LogP) is 4.90. The van der Waals surface area contributed by atoms with Gasteiger partial charge < -0.3 is 9.15 Å². The average Bonchev–Trinajstić information content (AvgIpc) is 3.35. The van der Waals surface area contributed by atoms with E-state index in [4.69, 9.17) is 21.4 Å². The van der Waals surface area contributed by atoms with Crippen LogP contribution in [0.3, 0.4) is 0 Å². The second-order valence-corrected chi connectivity index (χ2v) is 7.87. The zero-order chi connectivity index (χ0) is 20.2. The van der Waals surface area contributed by atoms with Gasteiger partial charge in [0.25, 0.3) is 5.91 Å². The number of nitrogens with zero attached hydrogens (tertiary/aromatic N) is 1. The lowest BCUT2D eigenvalue weighted by Crippen LogP contribution is -2.27. The van der Waals surface area contributed by atoms with Crippen LogP contribution in [0.2, 0.25) is 0 Å². The van der Waals surface area contributed by atoms with Gasteiger partial charge in [-0.15, -0.1) is 0 Å². The van der Waals surface area contributed by atoms with E-state index in [-0.39, 0.29) is 11.7 Å². The molecular formula is C22H15NO4S2. The fourth-order valence-corrected chi connectivity index (χ4v) is 3.99. The molecule has 2 aromatic carbocycles. The lowest BCUT2D eigenvalue weighted by molar-refractivity contribution is -0.122. The molecule has 1 aromatic heterocycles. The van der Waals surface area contributed by atoms with E-state index in [2.05, 4.69) is 0 Å². The summed E-state index contributed by atoms with van der Waals surface area (Å²) in [6.07, 6.45) is 3.19. The number of esters is 1. The summed E-state index contributed by atoms with van der Waals surface area (Å²) in [5.74, 6) is -0.155. The van der Waals surface area contributed by atoms with Gasteiger partial charge in [0.15, 0.2) is 0 Å². The summed E-state index contributed by atoms with van der Waals surface area (Å²) in [7, 11) is 0. The summed E-state index contributed by atoms with van der Waals surface area (Å²) < 4.78 is 10.8. The monoisotopic (exact) mass is 421 g/mol. The number of amides is 1. The molecule has 0 radical (unpaired) electrons. The first-order valence-electron chi connectivity index (χ1n) is 8.75. The lowest BCUT2D eigenvalue weighted by atomic mass is 10.2. The molecule has 4 rings (SSSR count). The molecule has 3 aromatic rings. The van der Waals surface area contributed by atoms with Crippen LogP contribution < -0.4 is 4.74 Å². The molecule has 1 saturated heterocycles. The van der Waals surface area contributed by atoms with Gasteiger partial charge in [-0.05, 0) is 41.5 Å². The third-order valence-corrected chi connectivity index (χ3v) is 5.55. The maximum absolute atomic E-state index is 12.7. The maximum atomic E-state index is 12.7. The smallest absolute Gasteiger partial charge is 0.379 e. The van der Waals surface area contributed by atoms with Crippen molar-refractivity contribution in [1.29, 1.82) is 0 Å². The Labute approximate surface area is 177 Å². The molecule has 0 aliphatic carbocycles. The van der Waals surface area contributed by atoms with Crippen molar-refractivity contribution in [2.24, 2.45) is 0 Å². The number of hydrogen-bond acceptors (Lipinski definition) is 6. The molecule has 29 heavy (non-hydrogen) atoms. The molecule has 0 unspecified atom stereocenters. The molecule has 7 heteroatoms. The summed E-state index contributed by atoms with van der Waals surface area (Å²) in [5.41, 5.74) is 1.83. The number of ether oxygens (including phenoxy) is 1. The van der Waals surface area contributed by atoms with Gasteiger partial charge in [-0.2, -0.15) is 0 Å². The van der Waals surface area contributed by atoms with Gasteiger partial charge in [0.1, 0.15) is 10.1 Å². The summed E-state index contributed by atoms with van der Waals surface area (Å²) in [4.78, 5) is 26.8. The number of hydrogen-bond donors (Lipinski definition) is 0. The van der Waals surface area contributed by atoms with Gasteiger partial charge in [0.2, 0.25) is 5.76 Å². The van der Waals surface area contributed by atoms with Crippen LogP contribution in [0.5, 0.6) is 5.75 Å². The van der Waals surface area contributed by atoms with E-state index < -0.39 is 5.97 Å². The van der Waals surface area contributed by atoms with E-state index in [1.54, 1.807) is 41.3 Å². The van der Waals surface area contributed by atoms with Crippen molar-refractivity contribution in [2.45, 2.75) is 6.54 Å². The minimum Gasteiger partial charge on any atom is -0.457 e. The van der Waals surface area contributed by atoms with Crippen molar-refractivity contribution >= 4 is 46.3 Å². The van der Waals surface area contributed by atoms with E-state index in [1.807, 2.05) is 30.3 Å². The average molecular weight is 421 g/mol. The molecule has 1 aliphatic heterocycles. The van der Waals surface area contributed by atoms with Crippen LogP contribution >= 0.6 is 24.0 Å². The molecule has 5 nitrogen and oxygen atoms in total. The number of carbonyl (C=O) groups is 2. The van der Waals surface area contributed by atoms with Crippen molar-refractivity contribution < 1.29 is 18.7 Å². The molecular weight excluding hydrogens is 406 g/mol. The van der Waals surface area contributed by atoms with Gasteiger partial charge in [0, 0.05) is 0 Å². The Morgan fingerprint density at radius 1 is 1.07 bits per heavy atom. The van der Waals surface area contributed by atoms with Crippen molar-refractivity contribution in [3.63, 3.8) is 0 Å². The molecule has 0 atom stereocenters. The highest BCUT2D eigenvalue weighted by Crippen LogP contribution is 2.33. The van der Waals surface area contributed by atoms with Crippen LogP contribution in [0.15, 0.2) is 82.3 Å². The first-order valence-corrected chi connectivity index (χ1v) is 9.98. The van der Waals surface area contributed by atoms with Crippen molar-refractivity contribution in [3.8, 4) is 5.75 Å². The third kappa shape index (κ3) is 4.47. The minimum atomic E-state index is -0.565. The van der Waals surface area contributed by atoms with Gasteiger partial charge in [-0.25, -0.2) is 4.79 Å². The topological polar surface area (TPSA) is 59.8 Å². The van der Waals surface area contributed by atoms with Crippen molar-refractivity contribution in [1.82, 2.24) is 4.90 Å². The van der Waals surface area contributed by atoms with Gasteiger partial charge >= 0.3 is 5.97 Å². The Morgan fingerprint density at radius 3 is 2.52 bits per heavy atom. The van der Waals surface area contributed by atoms with Crippen LogP contribution in [-0.2, 0) is 11.3 Å². The molecule has 2 heterocycles. The quantitative estimate of drug-likeness (QED) is 0.253. The summed E-state index contributed by atoms with van der Waals surface area (Å²) >= 11 is 6.66. The number of rotatable bonds is 5. The third-order valence-electron chi connectivity index (χ3n) is 4.17. The molecule has 0 bridgehead atoms. The van der Waals surface area contributed by atoms with E-state index in [0.29, 0.717) is 21.5 Å². The molecule has 1 fully saturated rings. The summed E-state index contributed by atoms with van der Waals surface area (Å²) in [5, 5.41) is 0. The summed E-state index contributed by atoms with van der Waals surface area (Å²) in [6.45, 7) is 0.449. The van der Waals surface area contributed by atoms with E-state index >= 15 is 0 Å². The van der Waals surface area contributed by atoms with Crippen LogP contribution in [0.25, 0.3) is 6.08 Å². The molecule has 144 valence electrons. The Bertz CT molecular complexity index is 1070. The van der Waals surface area contributed by atoms with Crippen molar-refractivity contribution in [3.05, 3.63) is 94.8 Å². The minimum absolute atomic E-state index is 0.114. The molecule has 1 amide bonds. The maximum Gasteiger partial charge on any atom is 0.379 e. The first kappa shape index (κ1) is 19.2. The summed E-state index contributed by atoms with van der Waals surface area (Å²) in [6, 6.07) is 19.8. The number of thioether (sulfide) groups is 1. The van der Waals surface area contributed by atoms with Crippen LogP contribution in [0.1, 0.15) is 21.7 Å². The van der Waals surface area contributed by atoms with Crippen LogP contribution in [0, 0.1) is 0 Å². The number of thiocarbonyl (C=S) groups is 1. The van der Waals surface area contributed by atoms with E-state index in [9.17, 15) is 9.59 Å². The van der Waals surface area contributed by atoms with Crippen LogP contribution in [-0.4, -0.2) is 21.1 Å². The van der Waals surface area contributed by atoms with Crippen LogP contribution in [0.4, 0.5) is 0 Å². The first-order chi connectivity index (χ1) is 14.1. The van der Waals surface area contributed by atoms with Gasteiger partial charge in [-0.3, -0.25) is 9.69 Å². The Morgan fingerprint density at radius 2 is 1.83 bits per heavy atom. The largest absolute Gasteiger partial charge is 0.457 e. The number of carbonyl (C=O) groups excluding carboxylic acids is 2. The zero-order valence-electron chi connectivity index (χ0n) is 15.1. The highest BCUT2D eigenvalue weighted by Gasteiger charge is 2.31. The molecule has 0 N–H and O–H groups in total. The zero-order valence-corrected chi connectivity index (χ0v) is 16.7. The lowest BCUT2D eigenvalue weighted by Gasteiger charge is -2.14. The predicted molar refractivity (Wildman–Crippen MR) is 115 cm³/mol. The molecule has 0 spiro atoms. The Balaban J connectivity index is 1.44. The number of furan rings is 1. The fraction of sp³-hybridized carbons (Fsp3) is 0.0455. The number of benzene rings is 2. The second kappa shape index (κ2) is 8.46. The normalized spacial score (nSPS) is 15.2. The van der Waals surface area contributed by atoms with E-state index in [1.165, 1.54) is 24.1 Å². The fourth-order valence-electron chi connectivity index (χ4n) is 2.74. The Kier molecular flexibility index (Phi) is 5.59. The van der Waals surface area contributed by atoms with Gasteiger partial charge in [-0.1, -0.05) is 66.4 Å². The van der Waals surface area contributed by atoms with Crippen molar-refractivity contribution in [2.75, 3.05) is 0 Å². The molecule has 1 aliphatic rings. The Hall–Kier alpha value is -3.16. The highest BCUT2D eigenvalue weighted by atomic mass is 32.2. The molecule has 0 saturated carbocycles. The highest BCUT2D eigenvalue weighted by molar-refractivity contribution is 8.26. The van der Waals surface area contributed by atoms with Gasteiger partial charge in [0.05, 0.1) is 17.7 Å².